The standard InChI is InChI=1S/C21H17N3O2S2/c1-26-16-7-9-18-19(13-16)28-21(23-18)24(14-15-5-2-3-11-22-15)20(25)10-8-17-6-4-12-27-17/h2-13H,14H2,1H3. The number of carbonyl (C=O) groups excluding carboxylic acids is 1. The van der Waals surface area contributed by atoms with Gasteiger partial charge in [0.2, 0.25) is 0 Å². The Morgan fingerprint density at radius 2 is 2.14 bits per heavy atom. The summed E-state index contributed by atoms with van der Waals surface area (Å²) in [5.41, 5.74) is 1.64. The Kier molecular flexibility index (Phi) is 5.45. The highest BCUT2D eigenvalue weighted by Gasteiger charge is 2.19. The average molecular weight is 408 g/mol. The van der Waals surface area contributed by atoms with E-state index < -0.39 is 0 Å². The van der Waals surface area contributed by atoms with E-state index in [-0.39, 0.29) is 5.91 Å². The van der Waals surface area contributed by atoms with E-state index in [0.717, 1.165) is 26.5 Å². The molecule has 28 heavy (non-hydrogen) atoms. The summed E-state index contributed by atoms with van der Waals surface area (Å²) in [5.74, 6) is 0.632. The molecule has 0 unspecified atom stereocenters. The van der Waals surface area contributed by atoms with Crippen LogP contribution in [0.4, 0.5) is 5.13 Å². The number of nitrogens with zero attached hydrogens (tertiary/aromatic N) is 3. The van der Waals surface area contributed by atoms with Crippen molar-refractivity contribution in [1.82, 2.24) is 9.97 Å². The Labute approximate surface area is 170 Å². The fourth-order valence-electron chi connectivity index (χ4n) is 2.66. The zero-order chi connectivity index (χ0) is 19.3. The number of pyridine rings is 1. The Bertz CT molecular complexity index is 1110. The van der Waals surface area contributed by atoms with Crippen molar-refractivity contribution in [3.63, 3.8) is 0 Å². The van der Waals surface area contributed by atoms with Crippen molar-refractivity contribution < 1.29 is 9.53 Å². The van der Waals surface area contributed by atoms with E-state index >= 15 is 0 Å². The van der Waals surface area contributed by atoms with Crippen LogP contribution in [0.3, 0.4) is 0 Å². The highest BCUT2D eigenvalue weighted by atomic mass is 32.1. The van der Waals surface area contributed by atoms with Crippen molar-refractivity contribution in [2.75, 3.05) is 12.0 Å². The van der Waals surface area contributed by atoms with Crippen LogP contribution in [0.15, 0.2) is 66.2 Å². The molecule has 0 N–H and O–H groups in total. The molecule has 4 rings (SSSR count). The molecule has 0 bridgehead atoms. The molecular weight excluding hydrogens is 390 g/mol. The summed E-state index contributed by atoms with van der Waals surface area (Å²) >= 11 is 3.05. The number of methoxy groups -OCH3 is 1. The van der Waals surface area contributed by atoms with Gasteiger partial charge in [0.25, 0.3) is 5.91 Å². The summed E-state index contributed by atoms with van der Waals surface area (Å²) in [7, 11) is 1.63. The molecule has 3 heterocycles. The van der Waals surface area contributed by atoms with Crippen LogP contribution in [0.5, 0.6) is 5.75 Å². The van der Waals surface area contributed by atoms with E-state index in [1.807, 2.05) is 60.0 Å². The third-order valence-electron chi connectivity index (χ3n) is 4.06. The van der Waals surface area contributed by atoms with E-state index in [1.54, 1.807) is 35.6 Å². The quantitative estimate of drug-likeness (QED) is 0.422. The molecule has 1 amide bonds. The van der Waals surface area contributed by atoms with Crippen molar-refractivity contribution in [3.05, 3.63) is 76.8 Å². The van der Waals surface area contributed by atoms with Gasteiger partial charge in [-0.3, -0.25) is 14.7 Å². The summed E-state index contributed by atoms with van der Waals surface area (Å²) < 4.78 is 6.26. The lowest BCUT2D eigenvalue weighted by Crippen LogP contribution is -2.28. The van der Waals surface area contributed by atoms with Gasteiger partial charge in [-0.1, -0.05) is 23.5 Å². The molecule has 0 radical (unpaired) electrons. The SMILES string of the molecule is COc1ccc2nc(N(Cc3ccccn3)C(=O)C=Cc3cccs3)sc2c1. The van der Waals surface area contributed by atoms with Crippen LogP contribution in [-0.4, -0.2) is 23.0 Å². The lowest BCUT2D eigenvalue weighted by Gasteiger charge is -2.17. The van der Waals surface area contributed by atoms with E-state index in [2.05, 4.69) is 9.97 Å². The number of benzene rings is 1. The molecule has 7 heteroatoms. The number of hydrogen-bond acceptors (Lipinski definition) is 6. The molecule has 0 atom stereocenters. The van der Waals surface area contributed by atoms with Gasteiger partial charge in [-0.2, -0.15) is 0 Å². The zero-order valence-corrected chi connectivity index (χ0v) is 16.7. The number of fused-ring (bicyclic) bond motifs is 1. The van der Waals surface area contributed by atoms with Crippen LogP contribution in [0.25, 0.3) is 16.3 Å². The summed E-state index contributed by atoms with van der Waals surface area (Å²) in [6, 6.07) is 15.3. The third-order valence-corrected chi connectivity index (χ3v) is 5.94. The van der Waals surface area contributed by atoms with Crippen molar-refractivity contribution >= 4 is 50.0 Å². The Morgan fingerprint density at radius 1 is 1.21 bits per heavy atom. The van der Waals surface area contributed by atoms with Gasteiger partial charge in [0.1, 0.15) is 5.75 Å². The number of hydrogen-bond donors (Lipinski definition) is 0. The number of aromatic nitrogens is 2. The molecule has 0 aliphatic heterocycles. The molecule has 0 fully saturated rings. The molecule has 0 saturated heterocycles. The maximum atomic E-state index is 13.0. The molecule has 140 valence electrons. The predicted molar refractivity (Wildman–Crippen MR) is 115 cm³/mol. The van der Waals surface area contributed by atoms with Crippen LogP contribution in [-0.2, 0) is 11.3 Å². The lowest BCUT2D eigenvalue weighted by molar-refractivity contribution is -0.114. The molecule has 1 aromatic carbocycles. The number of carbonyl (C=O) groups is 1. The number of amides is 1. The summed E-state index contributed by atoms with van der Waals surface area (Å²) in [6.45, 7) is 0.353. The molecular formula is C21H17N3O2S2. The van der Waals surface area contributed by atoms with Gasteiger partial charge in [0.05, 0.1) is 29.6 Å². The Morgan fingerprint density at radius 3 is 2.89 bits per heavy atom. The monoisotopic (exact) mass is 407 g/mol. The topological polar surface area (TPSA) is 55.3 Å². The van der Waals surface area contributed by atoms with Crippen LogP contribution in [0.2, 0.25) is 0 Å². The van der Waals surface area contributed by atoms with Crippen LogP contribution < -0.4 is 9.64 Å². The molecule has 0 saturated carbocycles. The number of anilines is 1. The first-order chi connectivity index (χ1) is 13.7. The first kappa shape index (κ1) is 18.3. The van der Waals surface area contributed by atoms with E-state index in [9.17, 15) is 4.79 Å². The van der Waals surface area contributed by atoms with Crippen molar-refractivity contribution in [1.29, 1.82) is 0 Å². The van der Waals surface area contributed by atoms with Crippen LogP contribution >= 0.6 is 22.7 Å². The van der Waals surface area contributed by atoms with Gasteiger partial charge >= 0.3 is 0 Å². The molecule has 0 aliphatic carbocycles. The van der Waals surface area contributed by atoms with Crippen LogP contribution in [0, 0.1) is 0 Å². The number of ether oxygens (including phenoxy) is 1. The minimum Gasteiger partial charge on any atom is -0.497 e. The van der Waals surface area contributed by atoms with Crippen molar-refractivity contribution in [2.45, 2.75) is 6.54 Å². The first-order valence-corrected chi connectivity index (χ1v) is 10.3. The maximum Gasteiger partial charge on any atom is 0.253 e. The number of thiazole rings is 1. The second-order valence-corrected chi connectivity index (χ2v) is 7.91. The van der Waals surface area contributed by atoms with Gasteiger partial charge in [0.15, 0.2) is 5.13 Å². The van der Waals surface area contributed by atoms with E-state index in [4.69, 9.17) is 4.74 Å². The highest BCUT2D eigenvalue weighted by Crippen LogP contribution is 2.32. The minimum absolute atomic E-state index is 0.134. The van der Waals surface area contributed by atoms with E-state index in [0.29, 0.717) is 11.7 Å². The van der Waals surface area contributed by atoms with Crippen molar-refractivity contribution in [2.24, 2.45) is 0 Å². The summed E-state index contributed by atoms with van der Waals surface area (Å²) in [5, 5.41) is 2.62. The molecule has 0 aliphatic rings. The van der Waals surface area contributed by atoms with Crippen LogP contribution in [0.1, 0.15) is 10.6 Å². The largest absolute Gasteiger partial charge is 0.497 e. The highest BCUT2D eigenvalue weighted by molar-refractivity contribution is 7.22. The molecule has 4 aromatic rings. The molecule has 0 spiro atoms. The zero-order valence-electron chi connectivity index (χ0n) is 15.1. The predicted octanol–water partition coefficient (Wildman–Crippen LogP) is 5.01. The second kappa shape index (κ2) is 8.33. The third kappa shape index (κ3) is 4.11. The number of thiophene rings is 1. The second-order valence-electron chi connectivity index (χ2n) is 5.92. The van der Waals surface area contributed by atoms with Gasteiger partial charge in [0, 0.05) is 17.2 Å². The fourth-order valence-corrected chi connectivity index (χ4v) is 4.27. The smallest absolute Gasteiger partial charge is 0.253 e. The Balaban J connectivity index is 1.68. The summed E-state index contributed by atoms with van der Waals surface area (Å²) in [4.78, 5) is 24.7. The van der Waals surface area contributed by atoms with Gasteiger partial charge in [-0.05, 0) is 47.9 Å². The van der Waals surface area contributed by atoms with Gasteiger partial charge < -0.3 is 4.74 Å². The normalized spacial score (nSPS) is 11.2. The first-order valence-electron chi connectivity index (χ1n) is 8.60. The fraction of sp³-hybridized carbons (Fsp3) is 0.0952. The summed E-state index contributed by atoms with van der Waals surface area (Å²) in [6.07, 6.45) is 5.14. The number of rotatable bonds is 6. The van der Waals surface area contributed by atoms with Crippen molar-refractivity contribution in [3.8, 4) is 5.75 Å². The average Bonchev–Trinajstić information content (AvgIpc) is 3.39. The maximum absolute atomic E-state index is 13.0. The van der Waals surface area contributed by atoms with Gasteiger partial charge in [-0.25, -0.2) is 4.98 Å². The van der Waals surface area contributed by atoms with Gasteiger partial charge in [-0.15, -0.1) is 11.3 Å². The Hall–Kier alpha value is -3.03. The lowest BCUT2D eigenvalue weighted by atomic mass is 10.3. The minimum atomic E-state index is -0.134. The molecule has 3 aromatic heterocycles. The van der Waals surface area contributed by atoms with E-state index in [1.165, 1.54) is 11.3 Å². The molecule has 5 nitrogen and oxygen atoms in total.